The number of amides is 2. The van der Waals surface area contributed by atoms with E-state index in [1.807, 2.05) is 0 Å². The highest BCUT2D eigenvalue weighted by Gasteiger charge is 2.26. The average molecular weight is 280 g/mol. The van der Waals surface area contributed by atoms with Crippen LogP contribution in [0.2, 0.25) is 0 Å². The number of rotatable bonds is 2. The van der Waals surface area contributed by atoms with E-state index >= 15 is 0 Å². The number of pyridine rings is 1. The van der Waals surface area contributed by atoms with Crippen molar-refractivity contribution < 1.29 is 19.8 Å². The number of nitrogens with zero attached hydrogens (tertiary/aromatic N) is 2. The van der Waals surface area contributed by atoms with Gasteiger partial charge in [-0.2, -0.15) is 0 Å². The van der Waals surface area contributed by atoms with Gasteiger partial charge in [-0.3, -0.25) is 4.79 Å². The smallest absolute Gasteiger partial charge is 0.414 e. The highest BCUT2D eigenvalue weighted by Crippen LogP contribution is 2.32. The van der Waals surface area contributed by atoms with E-state index in [1.165, 1.54) is 11.3 Å². The first kappa shape index (κ1) is 13.3. The quantitative estimate of drug-likeness (QED) is 0.881. The molecule has 0 radical (unpaired) electrons. The molecule has 2 heterocycles. The van der Waals surface area contributed by atoms with Crippen molar-refractivity contribution in [1.29, 1.82) is 0 Å². The molecule has 6 nitrogen and oxygen atoms in total. The zero-order valence-corrected chi connectivity index (χ0v) is 11.2. The molecule has 0 saturated carbocycles. The van der Waals surface area contributed by atoms with Crippen molar-refractivity contribution in [3.8, 4) is 5.88 Å². The summed E-state index contributed by atoms with van der Waals surface area (Å²) in [6.07, 6.45) is -1.35. The summed E-state index contributed by atoms with van der Waals surface area (Å²) in [6.45, 7) is 3.28. The lowest BCUT2D eigenvalue weighted by molar-refractivity contribution is 0.0749. The Morgan fingerprint density at radius 1 is 1.47 bits per heavy atom. The van der Waals surface area contributed by atoms with Gasteiger partial charge in [0.05, 0.1) is 10.4 Å². The van der Waals surface area contributed by atoms with Gasteiger partial charge in [-0.05, 0) is 25.3 Å². The number of aromatic hydroxyl groups is 1. The fourth-order valence-corrected chi connectivity index (χ4v) is 2.74. The predicted molar refractivity (Wildman–Crippen MR) is 70.8 cm³/mol. The number of hydrogen-bond donors (Lipinski definition) is 2. The second-order valence-corrected chi connectivity index (χ2v) is 4.81. The standard InChI is InChI=1S/C12H12N2O4S/c1-3-14(12(17)18)11(16)8-7-4-5-19-9(7)6(2)13-10(8)15/h4-5H,3H2,1-2H3,(H,13,15)(H,17,18). The molecule has 2 aromatic heterocycles. The van der Waals surface area contributed by atoms with Crippen molar-refractivity contribution >= 4 is 33.4 Å². The maximum atomic E-state index is 12.2. The minimum Gasteiger partial charge on any atom is -0.493 e. The zero-order chi connectivity index (χ0) is 14.2. The van der Waals surface area contributed by atoms with Crippen LogP contribution >= 0.6 is 11.3 Å². The minimum absolute atomic E-state index is 0.00706. The molecule has 2 aromatic rings. The van der Waals surface area contributed by atoms with Crippen molar-refractivity contribution in [1.82, 2.24) is 9.88 Å². The number of aromatic nitrogens is 1. The van der Waals surface area contributed by atoms with E-state index in [4.69, 9.17) is 5.11 Å². The van der Waals surface area contributed by atoms with Gasteiger partial charge >= 0.3 is 6.09 Å². The van der Waals surface area contributed by atoms with Crippen LogP contribution in [0.4, 0.5) is 4.79 Å². The van der Waals surface area contributed by atoms with Gasteiger partial charge in [-0.15, -0.1) is 11.3 Å². The van der Waals surface area contributed by atoms with Crippen molar-refractivity contribution in [2.75, 3.05) is 6.54 Å². The Hall–Kier alpha value is -2.15. The lowest BCUT2D eigenvalue weighted by Gasteiger charge is -2.16. The van der Waals surface area contributed by atoms with E-state index in [1.54, 1.807) is 25.3 Å². The van der Waals surface area contributed by atoms with Gasteiger partial charge < -0.3 is 10.2 Å². The Labute approximate surface area is 112 Å². The Balaban J connectivity index is 2.65. The summed E-state index contributed by atoms with van der Waals surface area (Å²) in [7, 11) is 0. The van der Waals surface area contributed by atoms with Gasteiger partial charge in [-0.25, -0.2) is 14.7 Å². The molecule has 0 aromatic carbocycles. The van der Waals surface area contributed by atoms with Crippen molar-refractivity contribution in [3.63, 3.8) is 0 Å². The lowest BCUT2D eigenvalue weighted by atomic mass is 10.1. The number of thiophene rings is 1. The third-order valence-electron chi connectivity index (χ3n) is 2.77. The molecular formula is C12H12N2O4S. The Kier molecular flexibility index (Phi) is 3.39. The lowest BCUT2D eigenvalue weighted by Crippen LogP contribution is -2.35. The number of carbonyl (C=O) groups is 2. The number of aryl methyl sites for hydroxylation is 1. The zero-order valence-electron chi connectivity index (χ0n) is 10.4. The SMILES string of the molecule is CCN(C(=O)O)C(=O)c1c(O)nc(C)c2sccc12. The van der Waals surface area contributed by atoms with E-state index < -0.39 is 17.9 Å². The summed E-state index contributed by atoms with van der Waals surface area (Å²) in [5, 5.41) is 21.1. The van der Waals surface area contributed by atoms with Crippen LogP contribution < -0.4 is 0 Å². The summed E-state index contributed by atoms with van der Waals surface area (Å²) >= 11 is 1.39. The van der Waals surface area contributed by atoms with Crippen molar-refractivity contribution in [2.24, 2.45) is 0 Å². The van der Waals surface area contributed by atoms with E-state index in [9.17, 15) is 14.7 Å². The first-order valence-corrected chi connectivity index (χ1v) is 6.46. The summed E-state index contributed by atoms with van der Waals surface area (Å²) in [4.78, 5) is 27.8. The van der Waals surface area contributed by atoms with Crippen LogP contribution in [0.15, 0.2) is 11.4 Å². The number of carboxylic acid groups (broad SMARTS) is 1. The molecule has 7 heteroatoms. The van der Waals surface area contributed by atoms with Gasteiger partial charge in [0.25, 0.3) is 5.91 Å². The molecule has 0 aliphatic carbocycles. The molecule has 100 valence electrons. The third-order valence-corrected chi connectivity index (χ3v) is 3.79. The molecule has 0 spiro atoms. The molecule has 0 unspecified atom stereocenters. The fourth-order valence-electron chi connectivity index (χ4n) is 1.88. The van der Waals surface area contributed by atoms with Gasteiger partial charge in [0.15, 0.2) is 0 Å². The molecule has 0 fully saturated rings. The summed E-state index contributed by atoms with van der Waals surface area (Å²) in [5.41, 5.74) is 0.545. The Bertz CT molecular complexity index is 665. The van der Waals surface area contributed by atoms with Crippen molar-refractivity contribution in [3.05, 3.63) is 22.7 Å². The normalized spacial score (nSPS) is 10.6. The Morgan fingerprint density at radius 3 is 2.74 bits per heavy atom. The third kappa shape index (κ3) is 2.12. The number of hydrogen-bond acceptors (Lipinski definition) is 5. The topological polar surface area (TPSA) is 90.7 Å². The molecule has 2 amide bonds. The molecule has 0 atom stereocenters. The molecule has 2 rings (SSSR count). The highest BCUT2D eigenvalue weighted by molar-refractivity contribution is 7.17. The molecule has 0 aliphatic rings. The number of imide groups is 1. The second kappa shape index (κ2) is 4.85. The molecule has 0 bridgehead atoms. The van der Waals surface area contributed by atoms with E-state index in [0.29, 0.717) is 16.0 Å². The Morgan fingerprint density at radius 2 is 2.16 bits per heavy atom. The van der Waals surface area contributed by atoms with Crippen LogP contribution in [0.1, 0.15) is 23.0 Å². The largest absolute Gasteiger partial charge is 0.493 e. The summed E-state index contributed by atoms with van der Waals surface area (Å²) in [6, 6.07) is 1.68. The van der Waals surface area contributed by atoms with E-state index in [0.717, 1.165) is 4.70 Å². The number of fused-ring (bicyclic) bond motifs is 1. The summed E-state index contributed by atoms with van der Waals surface area (Å²) < 4.78 is 0.766. The summed E-state index contributed by atoms with van der Waals surface area (Å²) in [5.74, 6) is -1.20. The van der Waals surface area contributed by atoms with Crippen molar-refractivity contribution in [2.45, 2.75) is 13.8 Å². The molecule has 0 aliphatic heterocycles. The van der Waals surface area contributed by atoms with Crippen LogP contribution in [-0.2, 0) is 0 Å². The van der Waals surface area contributed by atoms with Gasteiger partial charge in [0, 0.05) is 11.9 Å². The van der Waals surface area contributed by atoms with Crippen LogP contribution in [0, 0.1) is 6.92 Å². The molecule has 19 heavy (non-hydrogen) atoms. The van der Waals surface area contributed by atoms with Gasteiger partial charge in [0.1, 0.15) is 5.56 Å². The molecule has 0 saturated heterocycles. The van der Waals surface area contributed by atoms with Crippen LogP contribution in [0.25, 0.3) is 10.1 Å². The first-order valence-electron chi connectivity index (χ1n) is 5.59. The predicted octanol–water partition coefficient (Wildman–Crippen LogP) is 2.45. The number of carbonyl (C=O) groups excluding carboxylic acids is 1. The van der Waals surface area contributed by atoms with Crippen LogP contribution in [-0.4, -0.2) is 38.6 Å². The van der Waals surface area contributed by atoms with Gasteiger partial charge in [-0.1, -0.05) is 0 Å². The molecule has 2 N–H and O–H groups in total. The fraction of sp³-hybridized carbons (Fsp3) is 0.250. The molecular weight excluding hydrogens is 268 g/mol. The average Bonchev–Trinajstić information content (AvgIpc) is 2.78. The van der Waals surface area contributed by atoms with Gasteiger partial charge in [0.2, 0.25) is 5.88 Å². The first-order chi connectivity index (χ1) is 8.97. The minimum atomic E-state index is -1.35. The van der Waals surface area contributed by atoms with E-state index in [-0.39, 0.29) is 12.1 Å². The van der Waals surface area contributed by atoms with Crippen LogP contribution in [0.3, 0.4) is 0 Å². The second-order valence-electron chi connectivity index (χ2n) is 3.89. The highest BCUT2D eigenvalue weighted by atomic mass is 32.1. The maximum absolute atomic E-state index is 12.2. The monoisotopic (exact) mass is 280 g/mol. The van der Waals surface area contributed by atoms with E-state index in [2.05, 4.69) is 4.98 Å². The maximum Gasteiger partial charge on any atom is 0.414 e. The van der Waals surface area contributed by atoms with Crippen LogP contribution in [0.5, 0.6) is 5.88 Å².